The largest absolute Gasteiger partial charge is 0.494 e. The van der Waals surface area contributed by atoms with Crippen molar-refractivity contribution in [1.82, 2.24) is 14.5 Å². The third-order valence-electron chi connectivity index (χ3n) is 3.33. The Morgan fingerprint density at radius 1 is 1.28 bits per heavy atom. The molecule has 0 saturated carbocycles. The molecule has 3 aromatic rings. The Balaban J connectivity index is 1.72. The molecule has 0 aliphatic rings. The molecule has 0 unspecified atom stereocenters. The van der Waals surface area contributed by atoms with Crippen LogP contribution in [0.5, 0.6) is 5.75 Å². The van der Waals surface area contributed by atoms with Gasteiger partial charge in [0, 0.05) is 23.2 Å². The Hall–Kier alpha value is -3.00. The molecular weight excluding hydrogens is 340 g/mol. The predicted octanol–water partition coefficient (Wildman–Crippen LogP) is 2.40. The van der Waals surface area contributed by atoms with E-state index in [0.29, 0.717) is 17.4 Å². The Kier molecular flexibility index (Phi) is 5.20. The van der Waals surface area contributed by atoms with Crippen molar-refractivity contribution in [3.05, 3.63) is 58.6 Å². The van der Waals surface area contributed by atoms with Crippen molar-refractivity contribution in [2.75, 3.05) is 11.9 Å². The Labute approximate surface area is 148 Å². The molecule has 0 radical (unpaired) electrons. The fourth-order valence-corrected chi connectivity index (χ4v) is 2.73. The zero-order chi connectivity index (χ0) is 17.6. The quantitative estimate of drug-likeness (QED) is 0.733. The average molecular weight is 356 g/mol. The predicted molar refractivity (Wildman–Crippen MR) is 95.8 cm³/mol. The molecule has 128 valence electrons. The first-order valence-corrected chi connectivity index (χ1v) is 8.52. The molecule has 0 aliphatic heterocycles. The maximum absolute atomic E-state index is 12.2. The Bertz CT molecular complexity index is 904. The van der Waals surface area contributed by atoms with Gasteiger partial charge in [0.2, 0.25) is 5.91 Å². The molecule has 2 heterocycles. The van der Waals surface area contributed by atoms with Crippen molar-refractivity contribution in [3.8, 4) is 17.0 Å². The lowest BCUT2D eigenvalue weighted by atomic mass is 10.1. The summed E-state index contributed by atoms with van der Waals surface area (Å²) >= 11 is 1.31. The number of benzene rings is 1. The number of ether oxygens (including phenoxy) is 1. The van der Waals surface area contributed by atoms with Crippen molar-refractivity contribution in [3.63, 3.8) is 0 Å². The summed E-state index contributed by atoms with van der Waals surface area (Å²) in [5.41, 5.74) is 1.05. The number of hydrogen-bond donors (Lipinski definition) is 1. The maximum Gasteiger partial charge on any atom is 0.254 e. The summed E-state index contributed by atoms with van der Waals surface area (Å²) in [6, 6.07) is 8.74. The lowest BCUT2D eigenvalue weighted by molar-refractivity contribution is -0.116. The van der Waals surface area contributed by atoms with Gasteiger partial charge in [-0.15, -0.1) is 11.3 Å². The number of hydrogen-bond acceptors (Lipinski definition) is 6. The Morgan fingerprint density at radius 3 is 2.72 bits per heavy atom. The zero-order valence-electron chi connectivity index (χ0n) is 13.5. The van der Waals surface area contributed by atoms with Crippen molar-refractivity contribution in [2.24, 2.45) is 0 Å². The molecule has 0 saturated heterocycles. The maximum atomic E-state index is 12.2. The fourth-order valence-electron chi connectivity index (χ4n) is 2.19. The van der Waals surface area contributed by atoms with Crippen LogP contribution in [0.15, 0.2) is 53.0 Å². The van der Waals surface area contributed by atoms with Gasteiger partial charge in [-0.05, 0) is 31.2 Å². The number of nitrogens with one attached hydrogen (secondary N) is 1. The number of rotatable bonds is 6. The van der Waals surface area contributed by atoms with E-state index >= 15 is 0 Å². The third-order valence-corrected chi connectivity index (χ3v) is 4.02. The van der Waals surface area contributed by atoms with Gasteiger partial charge in [0.1, 0.15) is 12.3 Å². The van der Waals surface area contributed by atoms with Crippen LogP contribution in [0, 0.1) is 0 Å². The molecule has 8 heteroatoms. The molecule has 1 aromatic carbocycles. The molecule has 25 heavy (non-hydrogen) atoms. The molecule has 0 aliphatic carbocycles. The second-order valence-electron chi connectivity index (χ2n) is 5.08. The van der Waals surface area contributed by atoms with Crippen molar-refractivity contribution < 1.29 is 9.53 Å². The van der Waals surface area contributed by atoms with Gasteiger partial charge >= 0.3 is 0 Å². The van der Waals surface area contributed by atoms with Gasteiger partial charge in [0.05, 0.1) is 18.6 Å². The van der Waals surface area contributed by atoms with Gasteiger partial charge in [0.15, 0.2) is 5.13 Å². The molecule has 3 rings (SSSR count). The highest BCUT2D eigenvalue weighted by Gasteiger charge is 2.08. The summed E-state index contributed by atoms with van der Waals surface area (Å²) in [6.45, 7) is 2.39. The smallest absolute Gasteiger partial charge is 0.254 e. The Morgan fingerprint density at radius 2 is 2.08 bits per heavy atom. The summed E-state index contributed by atoms with van der Waals surface area (Å²) in [4.78, 5) is 32.4. The highest BCUT2D eigenvalue weighted by molar-refractivity contribution is 7.13. The average Bonchev–Trinajstić information content (AvgIpc) is 3.10. The third kappa shape index (κ3) is 4.30. The number of carbonyl (C=O) groups excluding carboxylic acids is 1. The topological polar surface area (TPSA) is 86.1 Å². The minimum atomic E-state index is -0.326. The molecule has 2 aromatic heterocycles. The summed E-state index contributed by atoms with van der Waals surface area (Å²) in [6.07, 6.45) is 2.97. The standard InChI is InChI=1S/C17H16N4O3S/c1-2-24-13-5-3-12(4-6-13)14-9-16(23)21(11-19-14)10-15(22)20-17-18-7-8-25-17/h3-9,11H,2,10H2,1H3,(H,18,20,22). The van der Waals surface area contributed by atoms with Crippen LogP contribution >= 0.6 is 11.3 Å². The van der Waals surface area contributed by atoms with Gasteiger partial charge < -0.3 is 10.1 Å². The van der Waals surface area contributed by atoms with Crippen LogP contribution < -0.4 is 15.6 Å². The first kappa shape index (κ1) is 16.8. The number of thiazole rings is 1. The fraction of sp³-hybridized carbons (Fsp3) is 0.176. The number of carbonyl (C=O) groups is 1. The second kappa shape index (κ2) is 7.71. The minimum absolute atomic E-state index is 0.116. The molecular formula is C17H16N4O3S. The number of aromatic nitrogens is 3. The van der Waals surface area contributed by atoms with Crippen molar-refractivity contribution >= 4 is 22.4 Å². The lowest BCUT2D eigenvalue weighted by Gasteiger charge is -2.07. The van der Waals surface area contributed by atoms with Gasteiger partial charge in [-0.1, -0.05) is 0 Å². The highest BCUT2D eigenvalue weighted by Crippen LogP contribution is 2.19. The molecule has 1 amide bonds. The molecule has 0 spiro atoms. The van der Waals surface area contributed by atoms with E-state index in [9.17, 15) is 9.59 Å². The van der Waals surface area contributed by atoms with E-state index in [-0.39, 0.29) is 18.0 Å². The van der Waals surface area contributed by atoms with E-state index < -0.39 is 0 Å². The van der Waals surface area contributed by atoms with Crippen LogP contribution in [0.2, 0.25) is 0 Å². The monoisotopic (exact) mass is 356 g/mol. The van der Waals surface area contributed by atoms with E-state index in [4.69, 9.17) is 4.74 Å². The molecule has 7 nitrogen and oxygen atoms in total. The van der Waals surface area contributed by atoms with E-state index in [1.807, 2.05) is 31.2 Å². The van der Waals surface area contributed by atoms with Gasteiger partial charge in [0.25, 0.3) is 5.56 Å². The van der Waals surface area contributed by atoms with E-state index in [0.717, 1.165) is 11.3 Å². The van der Waals surface area contributed by atoms with Crippen LogP contribution in [0.25, 0.3) is 11.3 Å². The second-order valence-corrected chi connectivity index (χ2v) is 5.98. The lowest BCUT2D eigenvalue weighted by Crippen LogP contribution is -2.27. The van der Waals surface area contributed by atoms with Crippen molar-refractivity contribution in [2.45, 2.75) is 13.5 Å². The number of amides is 1. The van der Waals surface area contributed by atoms with Crippen LogP contribution in [0.3, 0.4) is 0 Å². The number of nitrogens with zero attached hydrogens (tertiary/aromatic N) is 3. The van der Waals surface area contributed by atoms with Crippen LogP contribution in [-0.4, -0.2) is 27.0 Å². The summed E-state index contributed by atoms with van der Waals surface area (Å²) in [7, 11) is 0. The van der Waals surface area contributed by atoms with E-state index in [1.54, 1.807) is 11.6 Å². The van der Waals surface area contributed by atoms with E-state index in [1.165, 1.54) is 28.3 Å². The summed E-state index contributed by atoms with van der Waals surface area (Å²) < 4.78 is 6.64. The first-order valence-electron chi connectivity index (χ1n) is 7.65. The molecule has 0 fully saturated rings. The van der Waals surface area contributed by atoms with Crippen LogP contribution in [0.4, 0.5) is 5.13 Å². The summed E-state index contributed by atoms with van der Waals surface area (Å²) in [5.74, 6) is 0.436. The first-order chi connectivity index (χ1) is 12.2. The van der Waals surface area contributed by atoms with Gasteiger partial charge in [-0.3, -0.25) is 14.2 Å². The number of anilines is 1. The zero-order valence-corrected chi connectivity index (χ0v) is 14.3. The minimum Gasteiger partial charge on any atom is -0.494 e. The normalized spacial score (nSPS) is 10.4. The van der Waals surface area contributed by atoms with Crippen LogP contribution in [-0.2, 0) is 11.3 Å². The molecule has 0 bridgehead atoms. The summed E-state index contributed by atoms with van der Waals surface area (Å²) in [5, 5.41) is 4.89. The molecule has 1 N–H and O–H groups in total. The van der Waals surface area contributed by atoms with Crippen molar-refractivity contribution in [1.29, 1.82) is 0 Å². The van der Waals surface area contributed by atoms with Gasteiger partial charge in [-0.2, -0.15) is 0 Å². The van der Waals surface area contributed by atoms with Gasteiger partial charge in [-0.25, -0.2) is 9.97 Å². The SMILES string of the molecule is CCOc1ccc(-c2cc(=O)n(CC(=O)Nc3nccs3)cn2)cc1. The van der Waals surface area contributed by atoms with Crippen LogP contribution in [0.1, 0.15) is 6.92 Å². The highest BCUT2D eigenvalue weighted by atomic mass is 32.1. The molecule has 0 atom stereocenters. The van der Waals surface area contributed by atoms with E-state index in [2.05, 4.69) is 15.3 Å².